The zero-order chi connectivity index (χ0) is 11.5. The molecule has 0 saturated carbocycles. The van der Waals surface area contributed by atoms with E-state index in [-0.39, 0.29) is 0 Å². The molecule has 1 aliphatic heterocycles. The number of hydrogen-bond donors (Lipinski definition) is 1. The van der Waals surface area contributed by atoms with Crippen molar-refractivity contribution in [3.63, 3.8) is 0 Å². The molecule has 0 spiro atoms. The maximum absolute atomic E-state index is 3.43. The van der Waals surface area contributed by atoms with Gasteiger partial charge in [0.25, 0.3) is 0 Å². The molecular weight excluding hydrogens is 196 g/mol. The van der Waals surface area contributed by atoms with E-state index in [4.69, 9.17) is 0 Å². The third-order valence-electron chi connectivity index (χ3n) is 3.94. The van der Waals surface area contributed by atoms with Crippen molar-refractivity contribution >= 4 is 0 Å². The number of nitrogens with one attached hydrogen (secondary N) is 1. The van der Waals surface area contributed by atoms with Crippen LogP contribution in [-0.4, -0.2) is 22.5 Å². The Balaban J connectivity index is 2.30. The Morgan fingerprint density at radius 3 is 2.81 bits per heavy atom. The van der Waals surface area contributed by atoms with Gasteiger partial charge in [-0.05, 0) is 31.0 Å². The molecule has 2 heteroatoms. The van der Waals surface area contributed by atoms with Gasteiger partial charge in [0.2, 0.25) is 0 Å². The van der Waals surface area contributed by atoms with Crippen molar-refractivity contribution in [1.29, 1.82) is 0 Å². The fourth-order valence-electron chi connectivity index (χ4n) is 3.14. The Hall–Kier alpha value is -0.760. The van der Waals surface area contributed by atoms with Gasteiger partial charge in [-0.2, -0.15) is 0 Å². The topological polar surface area (TPSA) is 19.0 Å². The molecule has 2 rings (SSSR count). The van der Waals surface area contributed by atoms with Crippen LogP contribution in [0.5, 0.6) is 0 Å². The number of aromatic nitrogens is 1. The molecule has 2 atom stereocenters. The fourth-order valence-corrected chi connectivity index (χ4v) is 3.14. The molecule has 16 heavy (non-hydrogen) atoms. The SMILES string of the molecule is CCCC1c2cc[nH]c2CC(CC)N1CC. The number of hydrogen-bond acceptors (Lipinski definition) is 1. The summed E-state index contributed by atoms with van der Waals surface area (Å²) in [7, 11) is 0. The number of fused-ring (bicyclic) bond motifs is 1. The summed E-state index contributed by atoms with van der Waals surface area (Å²) in [6.07, 6.45) is 7.12. The van der Waals surface area contributed by atoms with E-state index in [0.717, 1.165) is 6.04 Å². The van der Waals surface area contributed by atoms with E-state index < -0.39 is 0 Å². The second kappa shape index (κ2) is 5.05. The van der Waals surface area contributed by atoms with Gasteiger partial charge in [0.15, 0.2) is 0 Å². The van der Waals surface area contributed by atoms with E-state index in [1.54, 1.807) is 5.56 Å². The van der Waals surface area contributed by atoms with Crippen molar-refractivity contribution in [2.45, 2.75) is 58.5 Å². The van der Waals surface area contributed by atoms with Gasteiger partial charge in [0.1, 0.15) is 0 Å². The van der Waals surface area contributed by atoms with Crippen molar-refractivity contribution in [1.82, 2.24) is 9.88 Å². The molecule has 0 amide bonds. The standard InChI is InChI=1S/C14H24N2/c1-4-7-14-12-8-9-15-13(12)10-11(5-2)16(14)6-3/h8-9,11,14-15H,4-7,10H2,1-3H3. The van der Waals surface area contributed by atoms with Crippen molar-refractivity contribution in [3.8, 4) is 0 Å². The Bertz CT molecular complexity index is 329. The van der Waals surface area contributed by atoms with Gasteiger partial charge >= 0.3 is 0 Å². The zero-order valence-electron chi connectivity index (χ0n) is 10.8. The molecule has 0 fully saturated rings. The van der Waals surface area contributed by atoms with E-state index in [2.05, 4.69) is 42.9 Å². The number of H-pyrrole nitrogens is 1. The maximum Gasteiger partial charge on any atom is 0.0368 e. The van der Waals surface area contributed by atoms with Crippen LogP contribution in [0.1, 0.15) is 57.3 Å². The molecule has 0 bridgehead atoms. The van der Waals surface area contributed by atoms with E-state index in [1.165, 1.54) is 37.9 Å². The first-order valence-corrected chi connectivity index (χ1v) is 6.73. The Labute approximate surface area is 99.0 Å². The van der Waals surface area contributed by atoms with Crippen LogP contribution in [0.25, 0.3) is 0 Å². The summed E-state index contributed by atoms with van der Waals surface area (Å²) in [6.45, 7) is 8.07. The average molecular weight is 220 g/mol. The number of aromatic amines is 1. The van der Waals surface area contributed by atoms with Crippen LogP contribution in [0, 0.1) is 0 Å². The predicted octanol–water partition coefficient (Wildman–Crippen LogP) is 3.51. The first-order chi connectivity index (χ1) is 7.81. The third kappa shape index (κ3) is 1.91. The minimum Gasteiger partial charge on any atom is -0.365 e. The summed E-state index contributed by atoms with van der Waals surface area (Å²) in [5.41, 5.74) is 3.03. The third-order valence-corrected chi connectivity index (χ3v) is 3.94. The van der Waals surface area contributed by atoms with Gasteiger partial charge < -0.3 is 4.98 Å². The quantitative estimate of drug-likeness (QED) is 0.822. The zero-order valence-corrected chi connectivity index (χ0v) is 10.8. The summed E-state index contributed by atoms with van der Waals surface area (Å²) in [4.78, 5) is 6.12. The number of likely N-dealkylation sites (N-methyl/N-ethyl adjacent to an activating group) is 1. The van der Waals surface area contributed by atoms with Gasteiger partial charge in [-0.1, -0.05) is 27.2 Å². The normalized spacial score (nSPS) is 25.7. The lowest BCUT2D eigenvalue weighted by Gasteiger charge is -2.41. The van der Waals surface area contributed by atoms with E-state index >= 15 is 0 Å². The van der Waals surface area contributed by atoms with Crippen LogP contribution >= 0.6 is 0 Å². The molecule has 90 valence electrons. The highest BCUT2D eigenvalue weighted by atomic mass is 15.2. The molecule has 0 aliphatic carbocycles. The second-order valence-electron chi connectivity index (χ2n) is 4.81. The fraction of sp³-hybridized carbons (Fsp3) is 0.714. The summed E-state index contributed by atoms with van der Waals surface area (Å²) >= 11 is 0. The lowest BCUT2D eigenvalue weighted by Crippen LogP contribution is -2.43. The Kier molecular flexibility index (Phi) is 3.70. The highest BCUT2D eigenvalue weighted by molar-refractivity contribution is 5.28. The summed E-state index contributed by atoms with van der Waals surface area (Å²) in [5.74, 6) is 0. The molecule has 1 aliphatic rings. The minimum atomic E-state index is 0.648. The molecule has 1 N–H and O–H groups in total. The highest BCUT2D eigenvalue weighted by Crippen LogP contribution is 2.36. The van der Waals surface area contributed by atoms with Gasteiger partial charge in [-0.3, -0.25) is 4.90 Å². The van der Waals surface area contributed by atoms with Crippen LogP contribution in [-0.2, 0) is 6.42 Å². The first kappa shape index (κ1) is 11.7. The van der Waals surface area contributed by atoms with E-state index in [9.17, 15) is 0 Å². The summed E-state index contributed by atoms with van der Waals surface area (Å²) in [5, 5.41) is 0. The summed E-state index contributed by atoms with van der Waals surface area (Å²) < 4.78 is 0. The second-order valence-corrected chi connectivity index (χ2v) is 4.81. The highest BCUT2D eigenvalue weighted by Gasteiger charge is 2.32. The Morgan fingerprint density at radius 1 is 1.38 bits per heavy atom. The van der Waals surface area contributed by atoms with Gasteiger partial charge in [-0.25, -0.2) is 0 Å². The van der Waals surface area contributed by atoms with E-state index in [0.29, 0.717) is 6.04 Å². The lowest BCUT2D eigenvalue weighted by molar-refractivity contribution is 0.113. The van der Waals surface area contributed by atoms with Crippen molar-refractivity contribution < 1.29 is 0 Å². The minimum absolute atomic E-state index is 0.648. The predicted molar refractivity (Wildman–Crippen MR) is 68.6 cm³/mol. The molecule has 1 aromatic rings. The van der Waals surface area contributed by atoms with Gasteiger partial charge in [0, 0.05) is 30.4 Å². The smallest absolute Gasteiger partial charge is 0.0368 e. The maximum atomic E-state index is 3.43. The van der Waals surface area contributed by atoms with Crippen LogP contribution in [0.2, 0.25) is 0 Å². The van der Waals surface area contributed by atoms with E-state index in [1.807, 2.05) is 0 Å². The van der Waals surface area contributed by atoms with Crippen LogP contribution in [0.4, 0.5) is 0 Å². The number of rotatable bonds is 4. The molecule has 0 aromatic carbocycles. The Morgan fingerprint density at radius 2 is 2.19 bits per heavy atom. The molecule has 2 nitrogen and oxygen atoms in total. The van der Waals surface area contributed by atoms with Crippen LogP contribution < -0.4 is 0 Å². The van der Waals surface area contributed by atoms with Crippen molar-refractivity contribution in [2.75, 3.05) is 6.54 Å². The molecule has 0 saturated heterocycles. The lowest BCUT2D eigenvalue weighted by atomic mass is 9.90. The largest absolute Gasteiger partial charge is 0.365 e. The molecule has 2 heterocycles. The van der Waals surface area contributed by atoms with Crippen LogP contribution in [0.15, 0.2) is 12.3 Å². The molecule has 0 radical (unpaired) electrons. The van der Waals surface area contributed by atoms with Crippen molar-refractivity contribution in [3.05, 3.63) is 23.5 Å². The number of nitrogens with zero attached hydrogens (tertiary/aromatic N) is 1. The van der Waals surface area contributed by atoms with Crippen molar-refractivity contribution in [2.24, 2.45) is 0 Å². The summed E-state index contributed by atoms with van der Waals surface area (Å²) in [6, 6.07) is 3.66. The monoisotopic (exact) mass is 220 g/mol. The van der Waals surface area contributed by atoms with Gasteiger partial charge in [0.05, 0.1) is 0 Å². The first-order valence-electron chi connectivity index (χ1n) is 6.73. The van der Waals surface area contributed by atoms with Gasteiger partial charge in [-0.15, -0.1) is 0 Å². The molecular formula is C14H24N2. The molecule has 2 unspecified atom stereocenters. The molecule has 1 aromatic heterocycles. The van der Waals surface area contributed by atoms with Crippen LogP contribution in [0.3, 0.4) is 0 Å². The average Bonchev–Trinajstić information content (AvgIpc) is 2.76.